The minimum Gasteiger partial charge on any atom is -0.394 e. The van der Waals surface area contributed by atoms with Crippen molar-refractivity contribution in [3.8, 4) is 0 Å². The summed E-state index contributed by atoms with van der Waals surface area (Å²) in [6.45, 7) is 3.71. The van der Waals surface area contributed by atoms with Gasteiger partial charge in [-0.25, -0.2) is 0 Å². The third-order valence-electron chi connectivity index (χ3n) is 5.71. The number of aliphatic hydroxyl groups excluding tert-OH is 1. The standard InChI is InChI=1S/C24H25N5O/c1-17-4-6-19(21-14-26-28(16-21)11-12-30)7-9-23-24(17)29(27-23)15-18-5-8-22-20(13-18)3-2-10-25-22/h2-3,5-10,13-14,16-17,27,30H,4,11-12,15H2,1H3. The van der Waals surface area contributed by atoms with Crippen molar-refractivity contribution in [2.75, 3.05) is 6.61 Å². The van der Waals surface area contributed by atoms with Crippen molar-refractivity contribution >= 4 is 22.6 Å². The maximum Gasteiger partial charge on any atom is 0.0755 e. The van der Waals surface area contributed by atoms with Gasteiger partial charge >= 0.3 is 0 Å². The van der Waals surface area contributed by atoms with Gasteiger partial charge in [0.2, 0.25) is 0 Å². The smallest absolute Gasteiger partial charge is 0.0755 e. The van der Waals surface area contributed by atoms with Crippen LogP contribution >= 0.6 is 0 Å². The lowest BCUT2D eigenvalue weighted by atomic mass is 9.94. The Kier molecular flexibility index (Phi) is 4.85. The van der Waals surface area contributed by atoms with Crippen LogP contribution in [0.3, 0.4) is 0 Å². The fraction of sp³-hybridized carbons (Fsp3) is 0.250. The molecular formula is C24H25N5O. The average molecular weight is 399 g/mol. The van der Waals surface area contributed by atoms with Crippen LogP contribution in [0.5, 0.6) is 0 Å². The molecule has 0 fully saturated rings. The predicted octanol–water partition coefficient (Wildman–Crippen LogP) is 4.21. The Morgan fingerprint density at radius 2 is 2.17 bits per heavy atom. The van der Waals surface area contributed by atoms with E-state index in [1.54, 1.807) is 4.68 Å². The van der Waals surface area contributed by atoms with Gasteiger partial charge in [0.05, 0.1) is 42.8 Å². The van der Waals surface area contributed by atoms with E-state index in [4.69, 9.17) is 5.11 Å². The summed E-state index contributed by atoms with van der Waals surface area (Å²) in [6, 6.07) is 10.5. The number of hydrogen-bond acceptors (Lipinski definition) is 3. The number of allylic oxidation sites excluding steroid dienone is 3. The topological polar surface area (TPSA) is 71.7 Å². The minimum absolute atomic E-state index is 0.0940. The van der Waals surface area contributed by atoms with Gasteiger partial charge in [-0.3, -0.25) is 19.4 Å². The molecule has 0 radical (unpaired) electrons. The van der Waals surface area contributed by atoms with E-state index in [0.717, 1.165) is 24.0 Å². The second-order valence-corrected chi connectivity index (χ2v) is 7.87. The molecule has 0 aliphatic heterocycles. The molecule has 3 aromatic heterocycles. The number of aliphatic hydroxyl groups is 1. The van der Waals surface area contributed by atoms with Crippen molar-refractivity contribution in [1.82, 2.24) is 24.5 Å². The molecule has 152 valence electrons. The van der Waals surface area contributed by atoms with Crippen molar-refractivity contribution in [2.24, 2.45) is 0 Å². The van der Waals surface area contributed by atoms with Gasteiger partial charge in [-0.05, 0) is 41.8 Å². The molecule has 6 nitrogen and oxygen atoms in total. The van der Waals surface area contributed by atoms with E-state index >= 15 is 0 Å². The summed E-state index contributed by atoms with van der Waals surface area (Å²) in [5.74, 6) is 0.413. The molecule has 0 saturated carbocycles. The van der Waals surface area contributed by atoms with E-state index in [9.17, 15) is 0 Å². The van der Waals surface area contributed by atoms with E-state index in [-0.39, 0.29) is 6.61 Å². The molecule has 0 spiro atoms. The van der Waals surface area contributed by atoms with Crippen molar-refractivity contribution < 1.29 is 5.11 Å². The SMILES string of the molecule is CC1CC=C(c2cnn(CCO)c2)C=Cc2[nH]n(Cc3ccc4ncccc4c3)c21. The van der Waals surface area contributed by atoms with E-state index in [0.29, 0.717) is 12.5 Å². The Balaban J connectivity index is 1.37. The highest BCUT2D eigenvalue weighted by Gasteiger charge is 2.20. The second-order valence-electron chi connectivity index (χ2n) is 7.87. The Morgan fingerprint density at radius 1 is 1.23 bits per heavy atom. The van der Waals surface area contributed by atoms with Gasteiger partial charge in [0.15, 0.2) is 0 Å². The molecule has 0 amide bonds. The first-order chi connectivity index (χ1) is 14.7. The third-order valence-corrected chi connectivity index (χ3v) is 5.71. The molecular weight excluding hydrogens is 374 g/mol. The van der Waals surface area contributed by atoms with Crippen molar-refractivity contribution in [2.45, 2.75) is 32.4 Å². The highest BCUT2D eigenvalue weighted by Crippen LogP contribution is 2.31. The first-order valence-electron chi connectivity index (χ1n) is 10.4. The summed E-state index contributed by atoms with van der Waals surface area (Å²) in [4.78, 5) is 4.41. The summed E-state index contributed by atoms with van der Waals surface area (Å²) in [6.07, 6.45) is 13.2. The summed E-state index contributed by atoms with van der Waals surface area (Å²) < 4.78 is 4.03. The van der Waals surface area contributed by atoms with Crippen molar-refractivity contribution in [3.63, 3.8) is 0 Å². The molecule has 30 heavy (non-hydrogen) atoms. The van der Waals surface area contributed by atoms with Crippen LogP contribution in [-0.2, 0) is 13.1 Å². The van der Waals surface area contributed by atoms with Gasteiger partial charge in [-0.15, -0.1) is 0 Å². The summed E-state index contributed by atoms with van der Waals surface area (Å²) in [5.41, 5.74) is 7.07. The lowest BCUT2D eigenvalue weighted by Crippen LogP contribution is -2.22. The van der Waals surface area contributed by atoms with Gasteiger partial charge in [0.1, 0.15) is 0 Å². The maximum atomic E-state index is 9.10. The quantitative estimate of drug-likeness (QED) is 0.528. The van der Waals surface area contributed by atoms with E-state index < -0.39 is 0 Å². The molecule has 1 aliphatic rings. The zero-order chi connectivity index (χ0) is 20.5. The predicted molar refractivity (Wildman–Crippen MR) is 119 cm³/mol. The third kappa shape index (κ3) is 3.50. The van der Waals surface area contributed by atoms with Gasteiger partial charge in [-0.2, -0.15) is 5.10 Å². The first-order valence-corrected chi connectivity index (χ1v) is 10.4. The Hall–Kier alpha value is -3.38. The van der Waals surface area contributed by atoms with Gasteiger partial charge in [0.25, 0.3) is 0 Å². The van der Waals surface area contributed by atoms with Crippen LogP contribution in [0.4, 0.5) is 0 Å². The molecule has 0 saturated heterocycles. The van der Waals surface area contributed by atoms with Crippen LogP contribution in [0.15, 0.2) is 61.1 Å². The molecule has 3 heterocycles. The summed E-state index contributed by atoms with van der Waals surface area (Å²) >= 11 is 0. The number of hydrogen-bond donors (Lipinski definition) is 2. The molecule has 1 aromatic carbocycles. The number of rotatable bonds is 5. The molecule has 1 unspecified atom stereocenters. The van der Waals surface area contributed by atoms with Crippen molar-refractivity contribution in [3.05, 3.63) is 83.6 Å². The molecule has 6 heteroatoms. The number of aromatic amines is 1. The van der Waals surface area contributed by atoms with Crippen LogP contribution in [0.2, 0.25) is 0 Å². The fourth-order valence-electron chi connectivity index (χ4n) is 4.15. The summed E-state index contributed by atoms with van der Waals surface area (Å²) in [7, 11) is 0. The van der Waals surface area contributed by atoms with E-state index in [1.807, 2.05) is 24.7 Å². The largest absolute Gasteiger partial charge is 0.394 e. The molecule has 2 N–H and O–H groups in total. The molecule has 1 atom stereocenters. The number of H-pyrrole nitrogens is 1. The number of benzene rings is 1. The average Bonchev–Trinajstić information content (AvgIpc) is 3.19. The lowest BCUT2D eigenvalue weighted by molar-refractivity contribution is 0.269. The van der Waals surface area contributed by atoms with Crippen molar-refractivity contribution in [1.29, 1.82) is 0 Å². The van der Waals surface area contributed by atoms with Crippen LogP contribution < -0.4 is 0 Å². The zero-order valence-electron chi connectivity index (χ0n) is 17.0. The fourth-order valence-corrected chi connectivity index (χ4v) is 4.15. The number of nitrogens with zero attached hydrogens (tertiary/aromatic N) is 4. The van der Waals surface area contributed by atoms with E-state index in [2.05, 4.69) is 69.3 Å². The highest BCUT2D eigenvalue weighted by molar-refractivity contribution is 5.80. The van der Waals surface area contributed by atoms with E-state index in [1.165, 1.54) is 27.9 Å². The molecule has 0 bridgehead atoms. The summed E-state index contributed by atoms with van der Waals surface area (Å²) in [5, 5.41) is 18.1. The number of pyridine rings is 1. The molecule has 1 aliphatic carbocycles. The number of nitrogens with one attached hydrogen (secondary N) is 1. The number of fused-ring (bicyclic) bond motifs is 2. The Morgan fingerprint density at radius 3 is 3.07 bits per heavy atom. The van der Waals surface area contributed by atoms with Crippen LogP contribution in [0.25, 0.3) is 22.6 Å². The van der Waals surface area contributed by atoms with Crippen LogP contribution in [0.1, 0.15) is 41.8 Å². The Labute approximate surface area is 175 Å². The van der Waals surface area contributed by atoms with Crippen LogP contribution in [-0.4, -0.2) is 36.3 Å². The zero-order valence-corrected chi connectivity index (χ0v) is 17.0. The highest BCUT2D eigenvalue weighted by atomic mass is 16.3. The first kappa shape index (κ1) is 18.6. The lowest BCUT2D eigenvalue weighted by Gasteiger charge is -2.27. The van der Waals surface area contributed by atoms with Gasteiger partial charge < -0.3 is 5.11 Å². The molecule has 4 aromatic rings. The number of aromatic nitrogens is 5. The normalized spacial score (nSPS) is 16.3. The molecule has 5 rings (SSSR count). The van der Waals surface area contributed by atoms with Gasteiger partial charge in [0, 0.05) is 29.3 Å². The monoisotopic (exact) mass is 399 g/mol. The maximum absolute atomic E-state index is 9.10. The van der Waals surface area contributed by atoms with Gasteiger partial charge in [-0.1, -0.05) is 31.2 Å². The second kappa shape index (κ2) is 7.80. The van der Waals surface area contributed by atoms with Crippen LogP contribution in [0, 0.1) is 0 Å². The minimum atomic E-state index is 0.0940. The Bertz CT molecular complexity index is 1240.